The summed E-state index contributed by atoms with van der Waals surface area (Å²) in [5, 5.41) is 8.44. The van der Waals surface area contributed by atoms with E-state index in [9.17, 15) is 0 Å². The van der Waals surface area contributed by atoms with Gasteiger partial charge in [-0.1, -0.05) is 182 Å². The Balaban J connectivity index is 1.15. The number of thiophene rings is 1. The molecule has 1 N–H and O–H groups in total. The van der Waals surface area contributed by atoms with Crippen LogP contribution in [0.2, 0.25) is 0 Å². The minimum absolute atomic E-state index is 0.332. The third kappa shape index (κ3) is 6.36. The van der Waals surface area contributed by atoms with Crippen LogP contribution in [0.5, 0.6) is 0 Å². The van der Waals surface area contributed by atoms with E-state index >= 15 is 0 Å². The van der Waals surface area contributed by atoms with Crippen LogP contribution in [0.15, 0.2) is 210 Å². The van der Waals surface area contributed by atoms with Crippen molar-refractivity contribution in [1.82, 2.24) is 15.3 Å². The lowest BCUT2D eigenvalue weighted by atomic mass is 9.89. The van der Waals surface area contributed by atoms with E-state index in [0.29, 0.717) is 11.7 Å². The number of benzene rings is 8. The van der Waals surface area contributed by atoms with Gasteiger partial charge >= 0.3 is 0 Å². The molecule has 0 bridgehead atoms. The molecular formula is C53H35N5S. The highest BCUT2D eigenvalue weighted by Crippen LogP contribution is 2.44. The Labute approximate surface area is 345 Å². The molecule has 1 atom stereocenters. The van der Waals surface area contributed by atoms with E-state index in [1.165, 1.54) is 20.2 Å². The minimum Gasteiger partial charge on any atom is -0.344 e. The van der Waals surface area contributed by atoms with Crippen molar-refractivity contribution in [3.05, 3.63) is 217 Å². The molecule has 0 radical (unpaired) electrons. The Bertz CT molecular complexity index is 3170. The fraction of sp³-hybridized carbons (Fsp3) is 0.0189. The molecule has 1 aliphatic rings. The highest BCUT2D eigenvalue weighted by Gasteiger charge is 2.27. The van der Waals surface area contributed by atoms with Gasteiger partial charge in [0, 0.05) is 48.0 Å². The van der Waals surface area contributed by atoms with E-state index in [0.717, 1.165) is 72.5 Å². The van der Waals surface area contributed by atoms with E-state index in [4.69, 9.17) is 20.0 Å². The van der Waals surface area contributed by atoms with Crippen LogP contribution < -0.4 is 5.32 Å². The molecule has 0 amide bonds. The van der Waals surface area contributed by atoms with Gasteiger partial charge in [-0.2, -0.15) is 0 Å². The van der Waals surface area contributed by atoms with Crippen molar-refractivity contribution >= 4 is 54.0 Å². The molecule has 0 saturated carbocycles. The van der Waals surface area contributed by atoms with Crippen molar-refractivity contribution in [3.63, 3.8) is 0 Å². The molecule has 59 heavy (non-hydrogen) atoms. The summed E-state index contributed by atoms with van der Waals surface area (Å²) in [7, 11) is 0. The molecule has 0 aliphatic carbocycles. The van der Waals surface area contributed by atoms with Crippen molar-refractivity contribution in [2.45, 2.75) is 6.17 Å². The number of fused-ring (bicyclic) bond motifs is 4. The zero-order valence-electron chi connectivity index (χ0n) is 31.8. The monoisotopic (exact) mass is 773 g/mol. The summed E-state index contributed by atoms with van der Waals surface area (Å²) < 4.78 is 2.44. The van der Waals surface area contributed by atoms with Crippen LogP contribution in [0.3, 0.4) is 0 Å². The second-order valence-electron chi connectivity index (χ2n) is 14.6. The third-order valence-electron chi connectivity index (χ3n) is 11.0. The fourth-order valence-electron chi connectivity index (χ4n) is 8.20. The zero-order valence-corrected chi connectivity index (χ0v) is 32.6. The number of aromatic nitrogens is 2. The molecule has 278 valence electrons. The molecule has 10 aromatic rings. The van der Waals surface area contributed by atoms with Gasteiger partial charge in [0.25, 0.3) is 0 Å². The predicted molar refractivity (Wildman–Crippen MR) is 246 cm³/mol. The lowest BCUT2D eigenvalue weighted by Crippen LogP contribution is -2.34. The lowest BCUT2D eigenvalue weighted by Gasteiger charge is -2.26. The molecule has 0 fully saturated rings. The second-order valence-corrected chi connectivity index (χ2v) is 15.7. The maximum Gasteiger partial charge on any atom is 0.160 e. The number of rotatable bonds is 7. The van der Waals surface area contributed by atoms with Gasteiger partial charge in [0.05, 0.1) is 11.4 Å². The lowest BCUT2D eigenvalue weighted by molar-refractivity contribution is 0.675. The van der Waals surface area contributed by atoms with Gasteiger partial charge in [0.15, 0.2) is 11.7 Å². The van der Waals surface area contributed by atoms with Gasteiger partial charge in [-0.3, -0.25) is 0 Å². The molecule has 11 rings (SSSR count). The topological polar surface area (TPSA) is 62.5 Å². The summed E-state index contributed by atoms with van der Waals surface area (Å²) in [5.41, 5.74) is 10.1. The Morgan fingerprint density at radius 2 is 1.00 bits per heavy atom. The summed E-state index contributed by atoms with van der Waals surface area (Å²) in [4.78, 5) is 20.9. The first-order chi connectivity index (χ1) is 29.2. The summed E-state index contributed by atoms with van der Waals surface area (Å²) in [5.74, 6) is 2.18. The van der Waals surface area contributed by atoms with Crippen LogP contribution in [0.1, 0.15) is 22.9 Å². The maximum atomic E-state index is 5.39. The standard InChI is InChI=1S/C53H35N5S/c1-5-17-34(18-6-1)44-33-45(55-50(54-44)35-19-7-2-8-20-35)41-30-29-40(38-25-13-14-26-39(38)41)42-31-32-47-48(43-27-15-16-28-46(43)59-47)49(42)53-57-51(36-21-9-3-10-22-36)56-52(58-53)37-23-11-4-12-24-37/h1-33,51H,(H,56,57,58). The van der Waals surface area contributed by atoms with Crippen LogP contribution in [-0.2, 0) is 0 Å². The summed E-state index contributed by atoms with van der Waals surface area (Å²) in [6.45, 7) is 0. The fourth-order valence-corrected chi connectivity index (χ4v) is 9.32. The summed E-state index contributed by atoms with van der Waals surface area (Å²) in [6, 6.07) is 69.8. The summed E-state index contributed by atoms with van der Waals surface area (Å²) >= 11 is 1.81. The van der Waals surface area contributed by atoms with Crippen molar-refractivity contribution < 1.29 is 0 Å². The van der Waals surface area contributed by atoms with Crippen LogP contribution in [0, 0.1) is 0 Å². The van der Waals surface area contributed by atoms with E-state index in [1.54, 1.807) is 0 Å². The highest BCUT2D eigenvalue weighted by molar-refractivity contribution is 7.25. The second kappa shape index (κ2) is 14.8. The van der Waals surface area contributed by atoms with Crippen LogP contribution >= 0.6 is 11.3 Å². The molecular weight excluding hydrogens is 739 g/mol. The van der Waals surface area contributed by atoms with Crippen molar-refractivity contribution in [2.24, 2.45) is 9.98 Å². The van der Waals surface area contributed by atoms with Crippen LogP contribution in [0.25, 0.3) is 76.0 Å². The molecule has 2 aromatic heterocycles. The van der Waals surface area contributed by atoms with Crippen molar-refractivity contribution in [1.29, 1.82) is 0 Å². The molecule has 1 unspecified atom stereocenters. The van der Waals surface area contributed by atoms with Gasteiger partial charge < -0.3 is 5.32 Å². The van der Waals surface area contributed by atoms with E-state index < -0.39 is 0 Å². The van der Waals surface area contributed by atoms with E-state index in [1.807, 2.05) is 59.9 Å². The van der Waals surface area contributed by atoms with Crippen molar-refractivity contribution in [3.8, 4) is 45.0 Å². The average Bonchev–Trinajstić information content (AvgIpc) is 3.70. The Morgan fingerprint density at radius 1 is 0.441 bits per heavy atom. The normalized spacial score (nSPS) is 13.9. The van der Waals surface area contributed by atoms with Crippen LogP contribution in [-0.4, -0.2) is 21.6 Å². The largest absolute Gasteiger partial charge is 0.344 e. The van der Waals surface area contributed by atoms with Crippen molar-refractivity contribution in [2.75, 3.05) is 0 Å². The smallest absolute Gasteiger partial charge is 0.160 e. The number of nitrogens with one attached hydrogen (secondary N) is 1. The van der Waals surface area contributed by atoms with Gasteiger partial charge in [-0.15, -0.1) is 11.3 Å². The quantitative estimate of drug-likeness (QED) is 0.175. The zero-order chi connectivity index (χ0) is 39.1. The van der Waals surface area contributed by atoms with Gasteiger partial charge in [0.2, 0.25) is 0 Å². The van der Waals surface area contributed by atoms with Gasteiger partial charge in [-0.05, 0) is 45.7 Å². The SMILES string of the molecule is c1ccc(C2=NC(c3ccccc3)NC(c3c(-c4ccc(-c5cc(-c6ccccc6)nc(-c6ccccc6)n5)c5ccccc45)ccc4sc5ccccc5c34)=N2)cc1. The third-order valence-corrected chi connectivity index (χ3v) is 12.1. The van der Waals surface area contributed by atoms with Gasteiger partial charge in [0.1, 0.15) is 12.0 Å². The van der Waals surface area contributed by atoms with E-state index in [2.05, 4.69) is 157 Å². The first-order valence-electron chi connectivity index (χ1n) is 19.8. The maximum absolute atomic E-state index is 5.39. The summed E-state index contributed by atoms with van der Waals surface area (Å²) in [6.07, 6.45) is -0.332. The molecule has 6 heteroatoms. The van der Waals surface area contributed by atoms with Gasteiger partial charge in [-0.25, -0.2) is 20.0 Å². The number of hydrogen-bond donors (Lipinski definition) is 1. The Morgan fingerprint density at radius 3 is 1.73 bits per heavy atom. The Hall–Kier alpha value is -7.54. The molecule has 0 saturated heterocycles. The highest BCUT2D eigenvalue weighted by atomic mass is 32.1. The average molecular weight is 774 g/mol. The molecule has 8 aromatic carbocycles. The predicted octanol–water partition coefficient (Wildman–Crippen LogP) is 13.2. The molecule has 5 nitrogen and oxygen atoms in total. The first kappa shape index (κ1) is 34.7. The number of hydrogen-bond acceptors (Lipinski definition) is 6. The van der Waals surface area contributed by atoms with E-state index in [-0.39, 0.29) is 6.17 Å². The number of aliphatic imine (C=N–C) groups is 2. The van der Waals surface area contributed by atoms with Crippen LogP contribution in [0.4, 0.5) is 0 Å². The molecule has 0 spiro atoms. The molecule has 3 heterocycles. The first-order valence-corrected chi connectivity index (χ1v) is 20.6. The Kier molecular flexibility index (Phi) is 8.68. The number of nitrogens with zero attached hydrogens (tertiary/aromatic N) is 4. The minimum atomic E-state index is -0.332. The molecule has 1 aliphatic heterocycles. The number of amidine groups is 2.